The quantitative estimate of drug-likeness (QED) is 0.180. The van der Waals surface area contributed by atoms with Gasteiger partial charge in [0.1, 0.15) is 12.2 Å². The van der Waals surface area contributed by atoms with Crippen LogP contribution in [-0.4, -0.2) is 41.0 Å². The summed E-state index contributed by atoms with van der Waals surface area (Å²) in [6, 6.07) is 12.6. The lowest BCUT2D eigenvalue weighted by atomic mass is 10.1. The third kappa shape index (κ3) is 5.70. The molecule has 3 aromatic rings. The number of hydrogen-bond acceptors (Lipinski definition) is 8. The number of urea groups is 1. The third-order valence-corrected chi connectivity index (χ3v) is 5.85. The molecule has 2 N–H and O–H groups in total. The highest BCUT2D eigenvalue weighted by atomic mass is 35.5. The molecular weight excluding hydrogens is 534 g/mol. The van der Waals surface area contributed by atoms with Gasteiger partial charge in [-0.25, -0.2) is 14.5 Å². The van der Waals surface area contributed by atoms with Gasteiger partial charge in [-0.2, -0.15) is 0 Å². The van der Waals surface area contributed by atoms with Gasteiger partial charge < -0.3 is 14.6 Å². The summed E-state index contributed by atoms with van der Waals surface area (Å²) in [7, 11) is 1.37. The van der Waals surface area contributed by atoms with Gasteiger partial charge in [-0.15, -0.1) is 0 Å². The van der Waals surface area contributed by atoms with Crippen molar-refractivity contribution in [1.82, 2.24) is 5.32 Å². The van der Waals surface area contributed by atoms with Crippen molar-refractivity contribution < 1.29 is 38.7 Å². The van der Waals surface area contributed by atoms with E-state index >= 15 is 0 Å². The minimum absolute atomic E-state index is 0.0252. The van der Waals surface area contributed by atoms with Crippen LogP contribution in [0.15, 0.2) is 66.2 Å². The van der Waals surface area contributed by atoms with Crippen molar-refractivity contribution in [3.63, 3.8) is 0 Å². The first-order valence-electron chi connectivity index (χ1n) is 11.1. The van der Waals surface area contributed by atoms with Gasteiger partial charge in [0.05, 0.1) is 28.3 Å². The van der Waals surface area contributed by atoms with Crippen LogP contribution in [0.1, 0.15) is 21.5 Å². The summed E-state index contributed by atoms with van der Waals surface area (Å²) in [5.41, 5.74) is 0.477. The minimum Gasteiger partial charge on any atom is -0.493 e. The standard InChI is InChI=1S/C26H18ClN3O9/c1-38-21-12-15(11-20(27)22(21)39-13-14-2-4-16(5-3-14)25(33)34)10-19-23(31)28-26(35)29(24(19)32)17-6-8-18(9-7-17)30(36)37/h2-12H,13H2,1H3,(H,33,34)(H,28,31,35)/b19-10+. The van der Waals surface area contributed by atoms with Crippen LogP contribution in [0.3, 0.4) is 0 Å². The Morgan fingerprint density at radius 1 is 1.10 bits per heavy atom. The summed E-state index contributed by atoms with van der Waals surface area (Å²) in [6.45, 7) is 0.0453. The third-order valence-electron chi connectivity index (χ3n) is 5.57. The van der Waals surface area contributed by atoms with E-state index in [1.807, 2.05) is 0 Å². The van der Waals surface area contributed by atoms with E-state index in [0.29, 0.717) is 10.5 Å². The number of nitro groups is 1. The number of carboxylic acid groups (broad SMARTS) is 1. The van der Waals surface area contributed by atoms with Gasteiger partial charge in [0.25, 0.3) is 17.5 Å². The fourth-order valence-corrected chi connectivity index (χ4v) is 3.92. The number of barbiturate groups is 1. The number of ether oxygens (including phenoxy) is 2. The second-order valence-electron chi connectivity index (χ2n) is 8.06. The van der Waals surface area contributed by atoms with Gasteiger partial charge in [-0.1, -0.05) is 23.7 Å². The number of benzene rings is 3. The van der Waals surface area contributed by atoms with Crippen molar-refractivity contribution in [2.75, 3.05) is 12.0 Å². The number of nitrogens with zero attached hydrogens (tertiary/aromatic N) is 2. The lowest BCUT2D eigenvalue weighted by molar-refractivity contribution is -0.384. The van der Waals surface area contributed by atoms with E-state index in [1.54, 1.807) is 12.1 Å². The average molecular weight is 552 g/mol. The number of methoxy groups -OCH3 is 1. The second-order valence-corrected chi connectivity index (χ2v) is 8.46. The summed E-state index contributed by atoms with van der Waals surface area (Å²) in [4.78, 5) is 60.0. The molecule has 0 radical (unpaired) electrons. The van der Waals surface area contributed by atoms with Crippen molar-refractivity contribution in [3.05, 3.63) is 98.1 Å². The molecule has 39 heavy (non-hydrogen) atoms. The molecule has 0 aliphatic carbocycles. The van der Waals surface area contributed by atoms with Crippen LogP contribution in [-0.2, 0) is 16.2 Å². The molecule has 4 amide bonds. The molecule has 198 valence electrons. The van der Waals surface area contributed by atoms with Crippen molar-refractivity contribution in [1.29, 1.82) is 0 Å². The first kappa shape index (κ1) is 26.8. The van der Waals surface area contributed by atoms with E-state index in [0.717, 1.165) is 12.1 Å². The van der Waals surface area contributed by atoms with Gasteiger partial charge in [0.2, 0.25) is 0 Å². The summed E-state index contributed by atoms with van der Waals surface area (Å²) in [5.74, 6) is -2.59. The highest BCUT2D eigenvalue weighted by molar-refractivity contribution is 6.39. The SMILES string of the molecule is COc1cc(/C=C2\C(=O)NC(=O)N(c3ccc([N+](=O)[O-])cc3)C2=O)cc(Cl)c1OCc1ccc(C(=O)O)cc1. The summed E-state index contributed by atoms with van der Waals surface area (Å²) in [6.07, 6.45) is 1.21. The monoisotopic (exact) mass is 551 g/mol. The second kappa shape index (κ2) is 11.0. The van der Waals surface area contributed by atoms with Gasteiger partial charge in [0.15, 0.2) is 11.5 Å². The molecule has 0 saturated carbocycles. The zero-order valence-corrected chi connectivity index (χ0v) is 20.8. The molecule has 0 aromatic heterocycles. The topological polar surface area (TPSA) is 165 Å². The summed E-state index contributed by atoms with van der Waals surface area (Å²) >= 11 is 6.41. The number of aromatic carboxylic acids is 1. The van der Waals surface area contributed by atoms with Crippen molar-refractivity contribution in [3.8, 4) is 11.5 Å². The number of carboxylic acids is 1. The molecule has 1 saturated heterocycles. The Bertz CT molecular complexity index is 1530. The minimum atomic E-state index is -1.05. The predicted molar refractivity (Wildman–Crippen MR) is 138 cm³/mol. The summed E-state index contributed by atoms with van der Waals surface area (Å²) < 4.78 is 11.1. The van der Waals surface area contributed by atoms with Crippen molar-refractivity contribution in [2.45, 2.75) is 6.61 Å². The smallest absolute Gasteiger partial charge is 0.335 e. The molecule has 13 heteroatoms. The van der Waals surface area contributed by atoms with E-state index in [9.17, 15) is 29.3 Å². The molecular formula is C26H18ClN3O9. The molecule has 1 fully saturated rings. The molecule has 3 aromatic carbocycles. The first-order valence-corrected chi connectivity index (χ1v) is 11.5. The highest BCUT2D eigenvalue weighted by Gasteiger charge is 2.37. The fraction of sp³-hybridized carbons (Fsp3) is 0.0769. The maximum Gasteiger partial charge on any atom is 0.335 e. The molecule has 1 aliphatic rings. The summed E-state index contributed by atoms with van der Waals surface area (Å²) in [5, 5.41) is 22.1. The van der Waals surface area contributed by atoms with E-state index in [1.165, 1.54) is 49.6 Å². The normalized spacial score (nSPS) is 14.3. The molecule has 4 rings (SSSR count). The van der Waals surface area contributed by atoms with Crippen molar-refractivity contribution in [2.24, 2.45) is 0 Å². The lowest BCUT2D eigenvalue weighted by Gasteiger charge is -2.26. The Kier molecular flexibility index (Phi) is 7.58. The largest absolute Gasteiger partial charge is 0.493 e. The van der Waals surface area contributed by atoms with E-state index in [2.05, 4.69) is 5.32 Å². The molecule has 0 bridgehead atoms. The molecule has 12 nitrogen and oxygen atoms in total. The Hall–Kier alpha value is -5.23. The van der Waals surface area contributed by atoms with Crippen LogP contribution in [0.2, 0.25) is 5.02 Å². The Morgan fingerprint density at radius 2 is 1.77 bits per heavy atom. The van der Waals surface area contributed by atoms with Gasteiger partial charge in [0, 0.05) is 12.1 Å². The predicted octanol–water partition coefficient (Wildman–Crippen LogP) is 4.20. The van der Waals surface area contributed by atoms with E-state index in [4.69, 9.17) is 26.2 Å². The lowest BCUT2D eigenvalue weighted by Crippen LogP contribution is -2.54. The number of imide groups is 2. The highest BCUT2D eigenvalue weighted by Crippen LogP contribution is 2.38. The first-order chi connectivity index (χ1) is 18.6. The average Bonchev–Trinajstić information content (AvgIpc) is 2.90. The molecule has 0 spiro atoms. The maximum atomic E-state index is 13.1. The van der Waals surface area contributed by atoms with Crippen LogP contribution >= 0.6 is 11.6 Å². The van der Waals surface area contributed by atoms with Crippen molar-refractivity contribution >= 4 is 52.9 Å². The van der Waals surface area contributed by atoms with Gasteiger partial charge in [-0.05, 0) is 53.6 Å². The van der Waals surface area contributed by atoms with E-state index < -0.39 is 34.3 Å². The van der Waals surface area contributed by atoms with Crippen LogP contribution in [0.4, 0.5) is 16.2 Å². The van der Waals surface area contributed by atoms with Crippen LogP contribution in [0.25, 0.3) is 6.08 Å². The number of non-ortho nitro benzene ring substituents is 1. The number of carbonyl (C=O) groups excluding carboxylic acids is 3. The van der Waals surface area contributed by atoms with Crippen LogP contribution < -0.4 is 19.7 Å². The van der Waals surface area contributed by atoms with Gasteiger partial charge >= 0.3 is 12.0 Å². The van der Waals surface area contributed by atoms with Gasteiger partial charge in [-0.3, -0.25) is 25.0 Å². The number of anilines is 1. The van der Waals surface area contributed by atoms with E-state index in [-0.39, 0.29) is 45.6 Å². The number of nitro benzene ring substituents is 1. The maximum absolute atomic E-state index is 13.1. The number of carbonyl (C=O) groups is 4. The number of rotatable bonds is 8. The Morgan fingerprint density at radius 3 is 2.36 bits per heavy atom. The molecule has 0 atom stereocenters. The number of amides is 4. The number of nitrogens with one attached hydrogen (secondary N) is 1. The number of halogens is 1. The zero-order valence-electron chi connectivity index (χ0n) is 20.0. The van der Waals surface area contributed by atoms with Crippen LogP contribution in [0.5, 0.6) is 11.5 Å². The molecule has 1 aliphatic heterocycles. The molecule has 1 heterocycles. The Balaban J connectivity index is 1.60. The Labute approximate surface area is 225 Å². The zero-order chi connectivity index (χ0) is 28.3. The molecule has 0 unspecified atom stereocenters. The van der Waals surface area contributed by atoms with Crippen LogP contribution in [0, 0.1) is 10.1 Å². The number of hydrogen-bond donors (Lipinski definition) is 2. The fourth-order valence-electron chi connectivity index (χ4n) is 3.64.